The zero-order valence-electron chi connectivity index (χ0n) is 12.5. The van der Waals surface area contributed by atoms with Crippen LogP contribution >= 0.6 is 0 Å². The SMILES string of the molecule is CC(C)N(CC(=O)N1CCNCC1)Cc1ccccc1. The van der Waals surface area contributed by atoms with E-state index in [4.69, 9.17) is 0 Å². The molecule has 1 aromatic carbocycles. The average Bonchev–Trinajstić information content (AvgIpc) is 2.48. The van der Waals surface area contributed by atoms with Crippen molar-refractivity contribution in [1.82, 2.24) is 15.1 Å². The first kappa shape index (κ1) is 15.0. The highest BCUT2D eigenvalue weighted by Gasteiger charge is 2.20. The van der Waals surface area contributed by atoms with Crippen molar-refractivity contribution in [2.24, 2.45) is 0 Å². The van der Waals surface area contributed by atoms with E-state index in [9.17, 15) is 4.79 Å². The summed E-state index contributed by atoms with van der Waals surface area (Å²) in [4.78, 5) is 16.6. The fraction of sp³-hybridized carbons (Fsp3) is 0.562. The van der Waals surface area contributed by atoms with E-state index in [-0.39, 0.29) is 5.91 Å². The Balaban J connectivity index is 1.93. The van der Waals surface area contributed by atoms with Crippen molar-refractivity contribution in [1.29, 1.82) is 0 Å². The first-order valence-corrected chi connectivity index (χ1v) is 7.43. The molecular formula is C16H25N3O. The smallest absolute Gasteiger partial charge is 0.236 e. The van der Waals surface area contributed by atoms with Gasteiger partial charge in [-0.05, 0) is 19.4 Å². The molecule has 1 heterocycles. The van der Waals surface area contributed by atoms with Crippen molar-refractivity contribution in [3.05, 3.63) is 35.9 Å². The summed E-state index contributed by atoms with van der Waals surface area (Å²) in [7, 11) is 0. The molecule has 1 saturated heterocycles. The van der Waals surface area contributed by atoms with Crippen LogP contribution < -0.4 is 5.32 Å². The number of piperazine rings is 1. The van der Waals surface area contributed by atoms with Gasteiger partial charge in [-0.15, -0.1) is 0 Å². The van der Waals surface area contributed by atoms with Gasteiger partial charge in [0, 0.05) is 38.8 Å². The molecule has 2 rings (SSSR count). The fourth-order valence-electron chi connectivity index (χ4n) is 2.43. The number of hydrogen-bond donors (Lipinski definition) is 1. The third kappa shape index (κ3) is 4.32. The highest BCUT2D eigenvalue weighted by Crippen LogP contribution is 2.09. The van der Waals surface area contributed by atoms with Gasteiger partial charge < -0.3 is 10.2 Å². The number of hydrogen-bond acceptors (Lipinski definition) is 3. The predicted octanol–water partition coefficient (Wildman–Crippen LogP) is 1.33. The minimum Gasteiger partial charge on any atom is -0.339 e. The summed E-state index contributed by atoms with van der Waals surface area (Å²) in [5.74, 6) is 0.246. The summed E-state index contributed by atoms with van der Waals surface area (Å²) < 4.78 is 0. The second-order valence-corrected chi connectivity index (χ2v) is 5.62. The lowest BCUT2D eigenvalue weighted by Gasteiger charge is -2.32. The van der Waals surface area contributed by atoms with Crippen LogP contribution in [0, 0.1) is 0 Å². The molecule has 110 valence electrons. The molecule has 0 saturated carbocycles. The maximum Gasteiger partial charge on any atom is 0.236 e. The molecule has 1 fully saturated rings. The van der Waals surface area contributed by atoms with Gasteiger partial charge in [0.25, 0.3) is 0 Å². The standard InChI is InChI=1S/C16H25N3O/c1-14(2)19(12-15-6-4-3-5-7-15)13-16(20)18-10-8-17-9-11-18/h3-7,14,17H,8-13H2,1-2H3. The van der Waals surface area contributed by atoms with Gasteiger partial charge in [-0.1, -0.05) is 30.3 Å². The number of benzene rings is 1. The molecule has 4 nitrogen and oxygen atoms in total. The van der Waals surface area contributed by atoms with Gasteiger partial charge in [-0.3, -0.25) is 9.69 Å². The molecular weight excluding hydrogens is 250 g/mol. The highest BCUT2D eigenvalue weighted by atomic mass is 16.2. The molecule has 1 aliphatic heterocycles. The second kappa shape index (κ2) is 7.41. The Kier molecular flexibility index (Phi) is 5.56. The van der Waals surface area contributed by atoms with Crippen molar-refractivity contribution in [3.63, 3.8) is 0 Å². The molecule has 0 unspecified atom stereocenters. The van der Waals surface area contributed by atoms with Crippen molar-refractivity contribution in [3.8, 4) is 0 Å². The third-order valence-corrected chi connectivity index (χ3v) is 3.77. The molecule has 0 aromatic heterocycles. The minimum absolute atomic E-state index is 0.246. The Labute approximate surface area is 121 Å². The van der Waals surface area contributed by atoms with E-state index in [2.05, 4.69) is 36.2 Å². The largest absolute Gasteiger partial charge is 0.339 e. The highest BCUT2D eigenvalue weighted by molar-refractivity contribution is 5.78. The molecule has 0 spiro atoms. The Morgan fingerprint density at radius 1 is 1.25 bits per heavy atom. The molecule has 1 N–H and O–H groups in total. The van der Waals surface area contributed by atoms with Crippen molar-refractivity contribution in [2.45, 2.75) is 26.4 Å². The first-order chi connectivity index (χ1) is 9.66. The van der Waals surface area contributed by atoms with E-state index in [1.807, 2.05) is 23.1 Å². The van der Waals surface area contributed by atoms with Gasteiger partial charge >= 0.3 is 0 Å². The van der Waals surface area contributed by atoms with Crippen LogP contribution in [0.1, 0.15) is 19.4 Å². The summed E-state index contributed by atoms with van der Waals surface area (Å²) in [5, 5.41) is 3.28. The van der Waals surface area contributed by atoms with E-state index >= 15 is 0 Å². The van der Waals surface area contributed by atoms with E-state index in [0.29, 0.717) is 12.6 Å². The Morgan fingerprint density at radius 3 is 2.50 bits per heavy atom. The predicted molar refractivity (Wildman–Crippen MR) is 81.4 cm³/mol. The van der Waals surface area contributed by atoms with Crippen LogP contribution in [0.2, 0.25) is 0 Å². The van der Waals surface area contributed by atoms with Crippen LogP contribution in [0.4, 0.5) is 0 Å². The second-order valence-electron chi connectivity index (χ2n) is 5.62. The summed E-state index contributed by atoms with van der Waals surface area (Å²) >= 11 is 0. The van der Waals surface area contributed by atoms with Gasteiger partial charge in [0.05, 0.1) is 6.54 Å². The van der Waals surface area contributed by atoms with E-state index < -0.39 is 0 Å². The molecule has 0 radical (unpaired) electrons. The Hall–Kier alpha value is -1.39. The molecule has 0 bridgehead atoms. The minimum atomic E-state index is 0.246. The molecule has 1 aromatic rings. The van der Waals surface area contributed by atoms with Gasteiger partial charge in [-0.25, -0.2) is 0 Å². The third-order valence-electron chi connectivity index (χ3n) is 3.77. The lowest BCUT2D eigenvalue weighted by atomic mass is 10.2. The van der Waals surface area contributed by atoms with Crippen LogP contribution in [-0.2, 0) is 11.3 Å². The zero-order valence-corrected chi connectivity index (χ0v) is 12.5. The quantitative estimate of drug-likeness (QED) is 0.880. The Bertz CT molecular complexity index is 413. The summed E-state index contributed by atoms with van der Waals surface area (Å²) in [6.07, 6.45) is 0. The van der Waals surface area contributed by atoms with Crippen LogP contribution in [-0.4, -0.2) is 54.5 Å². The van der Waals surface area contributed by atoms with E-state index in [1.165, 1.54) is 5.56 Å². The maximum atomic E-state index is 12.4. The monoisotopic (exact) mass is 275 g/mol. The molecule has 0 aliphatic carbocycles. The van der Waals surface area contributed by atoms with Gasteiger partial charge in [0.1, 0.15) is 0 Å². The van der Waals surface area contributed by atoms with Crippen molar-refractivity contribution in [2.75, 3.05) is 32.7 Å². The lowest BCUT2D eigenvalue weighted by Crippen LogP contribution is -2.50. The molecule has 0 atom stereocenters. The van der Waals surface area contributed by atoms with E-state index in [1.54, 1.807) is 0 Å². The molecule has 20 heavy (non-hydrogen) atoms. The van der Waals surface area contributed by atoms with E-state index in [0.717, 1.165) is 32.7 Å². The van der Waals surface area contributed by atoms with Gasteiger partial charge in [0.15, 0.2) is 0 Å². The topological polar surface area (TPSA) is 35.6 Å². The van der Waals surface area contributed by atoms with Crippen molar-refractivity contribution < 1.29 is 4.79 Å². The average molecular weight is 275 g/mol. The number of nitrogens with zero attached hydrogens (tertiary/aromatic N) is 2. The number of nitrogens with one attached hydrogen (secondary N) is 1. The number of rotatable bonds is 5. The number of carbonyl (C=O) groups excluding carboxylic acids is 1. The Morgan fingerprint density at radius 2 is 1.90 bits per heavy atom. The normalized spacial score (nSPS) is 15.9. The van der Waals surface area contributed by atoms with Gasteiger partial charge in [0.2, 0.25) is 5.91 Å². The van der Waals surface area contributed by atoms with Crippen molar-refractivity contribution >= 4 is 5.91 Å². The van der Waals surface area contributed by atoms with Crippen LogP contribution in [0.3, 0.4) is 0 Å². The molecule has 4 heteroatoms. The van der Waals surface area contributed by atoms with Crippen LogP contribution in [0.15, 0.2) is 30.3 Å². The first-order valence-electron chi connectivity index (χ1n) is 7.43. The summed E-state index contributed by atoms with van der Waals surface area (Å²) in [6, 6.07) is 10.7. The number of amides is 1. The zero-order chi connectivity index (χ0) is 14.4. The van der Waals surface area contributed by atoms with Crippen LogP contribution in [0.25, 0.3) is 0 Å². The molecule has 1 aliphatic rings. The summed E-state index contributed by atoms with van der Waals surface area (Å²) in [5.41, 5.74) is 1.26. The lowest BCUT2D eigenvalue weighted by molar-refractivity contribution is -0.133. The molecule has 1 amide bonds. The fourth-order valence-corrected chi connectivity index (χ4v) is 2.43. The van der Waals surface area contributed by atoms with Crippen LogP contribution in [0.5, 0.6) is 0 Å². The maximum absolute atomic E-state index is 12.4. The van der Waals surface area contributed by atoms with Gasteiger partial charge in [-0.2, -0.15) is 0 Å². The number of carbonyl (C=O) groups is 1. The summed E-state index contributed by atoms with van der Waals surface area (Å²) in [6.45, 7) is 9.11.